The van der Waals surface area contributed by atoms with E-state index in [1.165, 1.54) is 18.2 Å². The first-order chi connectivity index (χ1) is 7.19. The van der Waals surface area contributed by atoms with Crippen molar-refractivity contribution in [3.63, 3.8) is 0 Å². The molecule has 1 aromatic carbocycles. The maximum Gasteiger partial charge on any atom is 0.292 e. The number of rotatable bonds is 5. The molecule has 0 unspecified atom stereocenters. The topological polar surface area (TPSA) is 84.6 Å². The highest BCUT2D eigenvalue weighted by atomic mass is 16.6. The summed E-state index contributed by atoms with van der Waals surface area (Å²) in [6.45, 7) is 0.0762. The molecule has 0 aliphatic rings. The fraction of sp³-hybridized carbons (Fsp3) is 0.333. The second-order valence-electron chi connectivity index (χ2n) is 2.76. The molecule has 0 bridgehead atoms. The van der Waals surface area contributed by atoms with Crippen LogP contribution < -0.4 is 10.1 Å². The highest BCUT2D eigenvalue weighted by molar-refractivity contribution is 5.63. The van der Waals surface area contributed by atoms with E-state index >= 15 is 0 Å². The fourth-order valence-corrected chi connectivity index (χ4v) is 1.13. The summed E-state index contributed by atoms with van der Waals surface area (Å²) in [5.74, 6) is 0.485. The number of aliphatic hydroxyl groups is 1. The van der Waals surface area contributed by atoms with Crippen LogP contribution in [0.25, 0.3) is 0 Å². The molecule has 0 aromatic heterocycles. The molecule has 0 aliphatic heterocycles. The van der Waals surface area contributed by atoms with Gasteiger partial charge >= 0.3 is 0 Å². The first-order valence-electron chi connectivity index (χ1n) is 4.39. The molecule has 0 spiro atoms. The lowest BCUT2D eigenvalue weighted by Gasteiger charge is -2.06. The largest absolute Gasteiger partial charge is 0.491 e. The summed E-state index contributed by atoms with van der Waals surface area (Å²) in [6, 6.07) is 4.38. The van der Waals surface area contributed by atoms with Gasteiger partial charge in [-0.2, -0.15) is 0 Å². The Morgan fingerprint density at radius 1 is 1.60 bits per heavy atom. The molecule has 0 saturated heterocycles. The number of ether oxygens (including phenoxy) is 1. The zero-order valence-electron chi connectivity index (χ0n) is 8.27. The first kappa shape index (κ1) is 11.3. The molecule has 1 rings (SSSR count). The normalized spacial score (nSPS) is 9.73. The van der Waals surface area contributed by atoms with Gasteiger partial charge in [-0.3, -0.25) is 10.1 Å². The number of hydrogen-bond acceptors (Lipinski definition) is 5. The summed E-state index contributed by atoms with van der Waals surface area (Å²) in [6.07, 6.45) is 0. The number of aliphatic hydroxyl groups excluding tert-OH is 1. The van der Waals surface area contributed by atoms with Crippen LogP contribution in [-0.2, 0) is 0 Å². The van der Waals surface area contributed by atoms with Crippen LogP contribution in [0.15, 0.2) is 18.2 Å². The molecule has 0 saturated carbocycles. The molecule has 0 radical (unpaired) electrons. The molecule has 0 heterocycles. The average Bonchev–Trinajstić information content (AvgIpc) is 2.25. The summed E-state index contributed by atoms with van der Waals surface area (Å²) in [7, 11) is 1.60. The van der Waals surface area contributed by atoms with Crippen molar-refractivity contribution in [3.05, 3.63) is 28.3 Å². The van der Waals surface area contributed by atoms with Crippen LogP contribution in [0.5, 0.6) is 5.75 Å². The van der Waals surface area contributed by atoms with E-state index in [1.807, 2.05) is 0 Å². The van der Waals surface area contributed by atoms with Gasteiger partial charge in [-0.1, -0.05) is 0 Å². The molecule has 1 aromatic rings. The van der Waals surface area contributed by atoms with Gasteiger partial charge < -0.3 is 15.2 Å². The lowest BCUT2D eigenvalue weighted by molar-refractivity contribution is -0.384. The molecule has 0 amide bonds. The van der Waals surface area contributed by atoms with E-state index in [1.54, 1.807) is 7.05 Å². The predicted octanol–water partition coefficient (Wildman–Crippen LogP) is 1.01. The van der Waals surface area contributed by atoms with Crippen molar-refractivity contribution in [1.29, 1.82) is 0 Å². The van der Waals surface area contributed by atoms with E-state index < -0.39 is 4.92 Å². The molecule has 82 valence electrons. The van der Waals surface area contributed by atoms with Crippen LogP contribution in [0.4, 0.5) is 11.4 Å². The van der Waals surface area contributed by atoms with Crippen LogP contribution in [-0.4, -0.2) is 30.3 Å². The van der Waals surface area contributed by atoms with Gasteiger partial charge in [0.2, 0.25) is 0 Å². The monoisotopic (exact) mass is 212 g/mol. The maximum absolute atomic E-state index is 10.6. The molecular formula is C9H12N2O4. The Labute approximate surface area is 86.6 Å². The van der Waals surface area contributed by atoms with Crippen LogP contribution >= 0.6 is 0 Å². The van der Waals surface area contributed by atoms with Crippen molar-refractivity contribution < 1.29 is 14.8 Å². The zero-order valence-corrected chi connectivity index (χ0v) is 8.27. The van der Waals surface area contributed by atoms with Gasteiger partial charge in [0, 0.05) is 19.2 Å². The van der Waals surface area contributed by atoms with Gasteiger partial charge in [0.25, 0.3) is 5.69 Å². The Kier molecular flexibility index (Phi) is 3.87. The Morgan fingerprint density at radius 3 is 2.87 bits per heavy atom. The number of hydrogen-bond donors (Lipinski definition) is 2. The Morgan fingerprint density at radius 2 is 2.33 bits per heavy atom. The van der Waals surface area contributed by atoms with Crippen LogP contribution in [0, 0.1) is 10.1 Å². The number of nitro groups is 1. The summed E-state index contributed by atoms with van der Waals surface area (Å²) in [4.78, 5) is 10.1. The van der Waals surface area contributed by atoms with Gasteiger partial charge in [0.1, 0.15) is 18.0 Å². The van der Waals surface area contributed by atoms with E-state index in [0.29, 0.717) is 11.4 Å². The molecule has 0 fully saturated rings. The molecular weight excluding hydrogens is 200 g/mol. The lowest BCUT2D eigenvalue weighted by atomic mass is 10.2. The fourth-order valence-electron chi connectivity index (χ4n) is 1.13. The highest BCUT2D eigenvalue weighted by Gasteiger charge is 2.12. The SMILES string of the molecule is CNc1cc(OCCO)ccc1[N+](=O)[O-]. The zero-order chi connectivity index (χ0) is 11.3. The van der Waals surface area contributed by atoms with Crippen molar-refractivity contribution in [2.24, 2.45) is 0 Å². The standard InChI is InChI=1S/C9H12N2O4/c1-10-8-6-7(15-5-4-12)2-3-9(8)11(13)14/h2-3,6,10,12H,4-5H2,1H3. The Hall–Kier alpha value is -1.82. The summed E-state index contributed by atoms with van der Waals surface area (Å²) in [5.41, 5.74) is 0.379. The molecule has 0 aliphatic carbocycles. The number of anilines is 1. The maximum atomic E-state index is 10.6. The van der Waals surface area contributed by atoms with Crippen molar-refractivity contribution in [2.75, 3.05) is 25.6 Å². The minimum absolute atomic E-state index is 0.00570. The summed E-state index contributed by atoms with van der Waals surface area (Å²) >= 11 is 0. The molecule has 6 heteroatoms. The van der Waals surface area contributed by atoms with Crippen LogP contribution in [0.2, 0.25) is 0 Å². The number of nitrogens with zero attached hydrogens (tertiary/aromatic N) is 1. The van der Waals surface area contributed by atoms with E-state index in [-0.39, 0.29) is 18.9 Å². The van der Waals surface area contributed by atoms with E-state index in [9.17, 15) is 10.1 Å². The number of nitrogens with one attached hydrogen (secondary N) is 1. The van der Waals surface area contributed by atoms with Gasteiger partial charge in [-0.05, 0) is 6.07 Å². The molecule has 6 nitrogen and oxygen atoms in total. The summed E-state index contributed by atoms with van der Waals surface area (Å²) in [5, 5.41) is 21.8. The second kappa shape index (κ2) is 5.16. The van der Waals surface area contributed by atoms with E-state index in [4.69, 9.17) is 9.84 Å². The molecule has 15 heavy (non-hydrogen) atoms. The van der Waals surface area contributed by atoms with Crippen molar-refractivity contribution in [3.8, 4) is 5.75 Å². The van der Waals surface area contributed by atoms with E-state index in [0.717, 1.165) is 0 Å². The number of nitro benzene ring substituents is 1. The highest BCUT2D eigenvalue weighted by Crippen LogP contribution is 2.28. The summed E-state index contributed by atoms with van der Waals surface area (Å²) < 4.78 is 5.12. The van der Waals surface area contributed by atoms with Crippen molar-refractivity contribution in [2.45, 2.75) is 0 Å². The minimum Gasteiger partial charge on any atom is -0.491 e. The quantitative estimate of drug-likeness (QED) is 0.562. The van der Waals surface area contributed by atoms with Crippen LogP contribution in [0.1, 0.15) is 0 Å². The smallest absolute Gasteiger partial charge is 0.292 e. The Bertz CT molecular complexity index is 354. The first-order valence-corrected chi connectivity index (χ1v) is 4.39. The average molecular weight is 212 g/mol. The minimum atomic E-state index is -0.471. The molecule has 2 N–H and O–H groups in total. The second-order valence-corrected chi connectivity index (χ2v) is 2.76. The van der Waals surface area contributed by atoms with Crippen molar-refractivity contribution in [1.82, 2.24) is 0 Å². The van der Waals surface area contributed by atoms with Gasteiger partial charge in [0.15, 0.2) is 0 Å². The van der Waals surface area contributed by atoms with Gasteiger partial charge in [-0.25, -0.2) is 0 Å². The Balaban J connectivity index is 2.92. The van der Waals surface area contributed by atoms with Gasteiger partial charge in [0.05, 0.1) is 11.5 Å². The third kappa shape index (κ3) is 2.81. The molecule has 0 atom stereocenters. The predicted molar refractivity (Wildman–Crippen MR) is 55.2 cm³/mol. The van der Waals surface area contributed by atoms with Gasteiger partial charge in [-0.15, -0.1) is 0 Å². The van der Waals surface area contributed by atoms with Crippen LogP contribution in [0.3, 0.4) is 0 Å². The number of benzene rings is 1. The lowest BCUT2D eigenvalue weighted by Crippen LogP contribution is -2.03. The third-order valence-electron chi connectivity index (χ3n) is 1.79. The van der Waals surface area contributed by atoms with E-state index in [2.05, 4.69) is 5.32 Å². The third-order valence-corrected chi connectivity index (χ3v) is 1.79. The van der Waals surface area contributed by atoms with Crippen molar-refractivity contribution >= 4 is 11.4 Å².